The van der Waals surface area contributed by atoms with Crippen LogP contribution >= 0.6 is 0 Å². The Kier molecular flexibility index (Phi) is 10.6. The highest BCUT2D eigenvalue weighted by Gasteiger charge is 2.32. The predicted octanol–water partition coefficient (Wildman–Crippen LogP) is 6.61. The summed E-state index contributed by atoms with van der Waals surface area (Å²) >= 11 is 0. The first-order valence-electron chi connectivity index (χ1n) is 13.2. The molecule has 0 aliphatic heterocycles. The van der Waals surface area contributed by atoms with Crippen LogP contribution in [0.2, 0.25) is 0 Å². The molecule has 1 aliphatic carbocycles. The molecule has 3 rings (SSSR count). The molecule has 1 aliphatic rings. The molecular formula is C30H43NO4. The molecule has 0 aromatic heterocycles. The lowest BCUT2D eigenvalue weighted by atomic mass is 9.83. The number of hydrogen-bond acceptors (Lipinski definition) is 4. The van der Waals surface area contributed by atoms with Gasteiger partial charge in [0.2, 0.25) is 5.91 Å². The number of aliphatic hydroxyl groups is 1. The summed E-state index contributed by atoms with van der Waals surface area (Å²) in [7, 11) is 3.63. The molecule has 0 bridgehead atoms. The number of aryl methyl sites for hydroxylation is 1. The van der Waals surface area contributed by atoms with E-state index in [0.717, 1.165) is 61.9 Å². The van der Waals surface area contributed by atoms with Crippen molar-refractivity contribution < 1.29 is 19.4 Å². The van der Waals surface area contributed by atoms with Crippen LogP contribution in [0.25, 0.3) is 0 Å². The van der Waals surface area contributed by atoms with Gasteiger partial charge >= 0.3 is 0 Å². The molecule has 1 atom stereocenters. The van der Waals surface area contributed by atoms with Crippen LogP contribution in [0.1, 0.15) is 75.3 Å². The summed E-state index contributed by atoms with van der Waals surface area (Å²) in [5, 5.41) is 12.0. The molecule has 35 heavy (non-hydrogen) atoms. The summed E-state index contributed by atoms with van der Waals surface area (Å²) in [4.78, 5) is 14.5. The number of carbonyl (C=O) groups excluding carboxylic acids is 1. The maximum atomic E-state index is 12.7. The first kappa shape index (κ1) is 27.2. The van der Waals surface area contributed by atoms with E-state index in [2.05, 4.69) is 0 Å². The number of amides is 1. The Bertz CT molecular complexity index is 924. The second-order valence-corrected chi connectivity index (χ2v) is 10.0. The van der Waals surface area contributed by atoms with Crippen molar-refractivity contribution in [1.29, 1.82) is 0 Å². The average Bonchev–Trinajstić information content (AvgIpc) is 3.41. The third-order valence-electron chi connectivity index (χ3n) is 7.31. The number of benzene rings is 2. The van der Waals surface area contributed by atoms with E-state index in [4.69, 9.17) is 9.47 Å². The minimum absolute atomic E-state index is 0.211. The van der Waals surface area contributed by atoms with Crippen molar-refractivity contribution in [2.75, 3.05) is 27.3 Å². The van der Waals surface area contributed by atoms with Crippen molar-refractivity contribution in [2.24, 2.45) is 5.92 Å². The monoisotopic (exact) mass is 481 g/mol. The fourth-order valence-electron chi connectivity index (χ4n) is 5.15. The smallest absolute Gasteiger partial charge is 0.225 e. The Morgan fingerprint density at radius 3 is 2.29 bits per heavy atom. The van der Waals surface area contributed by atoms with Gasteiger partial charge in [0, 0.05) is 38.8 Å². The van der Waals surface area contributed by atoms with E-state index in [1.807, 2.05) is 67.4 Å². The number of hydrogen-bond donors (Lipinski definition) is 1. The van der Waals surface area contributed by atoms with Crippen LogP contribution in [-0.4, -0.2) is 43.2 Å². The van der Waals surface area contributed by atoms with Crippen LogP contribution in [-0.2, 0) is 15.1 Å². The van der Waals surface area contributed by atoms with Gasteiger partial charge in [-0.15, -0.1) is 0 Å². The number of methoxy groups -OCH3 is 1. The lowest BCUT2D eigenvalue weighted by Crippen LogP contribution is -2.33. The minimum Gasteiger partial charge on any atom is -0.457 e. The molecule has 2 aromatic rings. The Labute approximate surface area is 211 Å². The van der Waals surface area contributed by atoms with Crippen LogP contribution in [0.5, 0.6) is 11.5 Å². The molecule has 2 aromatic carbocycles. The highest BCUT2D eigenvalue weighted by atomic mass is 16.5. The van der Waals surface area contributed by atoms with Crippen molar-refractivity contribution in [3.8, 4) is 11.5 Å². The van der Waals surface area contributed by atoms with Crippen LogP contribution in [0.4, 0.5) is 0 Å². The van der Waals surface area contributed by atoms with Gasteiger partial charge in [0.1, 0.15) is 11.5 Å². The Morgan fingerprint density at radius 1 is 0.971 bits per heavy atom. The first-order valence-corrected chi connectivity index (χ1v) is 13.2. The number of rotatable bonds is 14. The molecule has 1 saturated carbocycles. The van der Waals surface area contributed by atoms with Crippen LogP contribution in [0.15, 0.2) is 48.5 Å². The highest BCUT2D eigenvalue weighted by Crippen LogP contribution is 2.40. The molecule has 0 radical (unpaired) electrons. The second kappa shape index (κ2) is 13.6. The van der Waals surface area contributed by atoms with E-state index in [-0.39, 0.29) is 11.8 Å². The van der Waals surface area contributed by atoms with Crippen molar-refractivity contribution >= 4 is 5.91 Å². The maximum absolute atomic E-state index is 12.7. The van der Waals surface area contributed by atoms with Crippen molar-refractivity contribution in [2.45, 2.75) is 76.7 Å². The topological polar surface area (TPSA) is 59.0 Å². The first-order chi connectivity index (χ1) is 16.9. The summed E-state index contributed by atoms with van der Waals surface area (Å²) in [6.07, 6.45) is 9.14. The lowest BCUT2D eigenvalue weighted by molar-refractivity contribution is -0.134. The van der Waals surface area contributed by atoms with Gasteiger partial charge in [-0.3, -0.25) is 4.79 Å². The number of para-hydroxylation sites is 2. The summed E-state index contributed by atoms with van der Waals surface area (Å²) in [6.45, 7) is 3.44. The third kappa shape index (κ3) is 7.81. The van der Waals surface area contributed by atoms with Crippen LogP contribution in [0, 0.1) is 12.8 Å². The van der Waals surface area contributed by atoms with Crippen molar-refractivity contribution in [3.05, 3.63) is 59.7 Å². The van der Waals surface area contributed by atoms with E-state index >= 15 is 0 Å². The largest absolute Gasteiger partial charge is 0.457 e. The highest BCUT2D eigenvalue weighted by molar-refractivity contribution is 5.78. The molecule has 1 N–H and O–H groups in total. The quantitative estimate of drug-likeness (QED) is 0.308. The standard InChI is InChI=1S/C30H43NO4/c1-24-14-4-8-18-27(24)35-28-19-9-7-17-26(28)30(33,21-11-13-23-34-3)20-10-12-22-31(2)29(32)25-15-5-6-16-25/h4,7-9,14,17-19,25,33H,5-6,10-13,15-16,20-23H2,1-3H3. The van der Waals surface area contributed by atoms with Gasteiger partial charge in [-0.05, 0) is 76.0 Å². The number of nitrogens with zero attached hydrogens (tertiary/aromatic N) is 1. The Hall–Kier alpha value is -2.37. The maximum Gasteiger partial charge on any atom is 0.225 e. The van der Waals surface area contributed by atoms with Crippen molar-refractivity contribution in [3.63, 3.8) is 0 Å². The predicted molar refractivity (Wildman–Crippen MR) is 141 cm³/mol. The fourth-order valence-corrected chi connectivity index (χ4v) is 5.15. The van der Waals surface area contributed by atoms with Crippen LogP contribution in [0.3, 0.4) is 0 Å². The molecular weight excluding hydrogens is 438 g/mol. The zero-order chi connectivity index (χ0) is 25.1. The van der Waals surface area contributed by atoms with Gasteiger partial charge in [0.25, 0.3) is 0 Å². The number of ether oxygens (including phenoxy) is 2. The van der Waals surface area contributed by atoms with Gasteiger partial charge in [0.15, 0.2) is 0 Å². The van der Waals surface area contributed by atoms with Gasteiger partial charge in [0.05, 0.1) is 5.60 Å². The third-order valence-corrected chi connectivity index (χ3v) is 7.31. The molecule has 0 spiro atoms. The summed E-state index contributed by atoms with van der Waals surface area (Å²) in [5.41, 5.74) is 0.887. The fraction of sp³-hybridized carbons (Fsp3) is 0.567. The van der Waals surface area contributed by atoms with Crippen molar-refractivity contribution in [1.82, 2.24) is 4.90 Å². The zero-order valence-corrected chi connectivity index (χ0v) is 21.8. The van der Waals surface area contributed by atoms with E-state index in [0.29, 0.717) is 25.2 Å². The average molecular weight is 482 g/mol. The summed E-state index contributed by atoms with van der Waals surface area (Å²) in [5.74, 6) is 2.00. The zero-order valence-electron chi connectivity index (χ0n) is 21.8. The van der Waals surface area contributed by atoms with E-state index in [1.165, 1.54) is 12.8 Å². The van der Waals surface area contributed by atoms with Gasteiger partial charge in [-0.2, -0.15) is 0 Å². The number of unbranched alkanes of at least 4 members (excludes halogenated alkanes) is 2. The molecule has 0 saturated heterocycles. The van der Waals surface area contributed by atoms with E-state index in [1.54, 1.807) is 7.11 Å². The molecule has 1 fully saturated rings. The number of carbonyl (C=O) groups is 1. The van der Waals surface area contributed by atoms with Gasteiger partial charge in [-0.25, -0.2) is 0 Å². The molecule has 192 valence electrons. The molecule has 1 unspecified atom stereocenters. The van der Waals surface area contributed by atoms with E-state index in [9.17, 15) is 9.90 Å². The molecule has 1 amide bonds. The molecule has 5 heteroatoms. The normalized spacial score (nSPS) is 15.7. The second-order valence-electron chi connectivity index (χ2n) is 10.0. The van der Waals surface area contributed by atoms with E-state index < -0.39 is 5.60 Å². The lowest BCUT2D eigenvalue weighted by Gasteiger charge is -2.31. The van der Waals surface area contributed by atoms with Gasteiger partial charge < -0.3 is 19.5 Å². The minimum atomic E-state index is -0.999. The SMILES string of the molecule is COCCCCC(O)(CCCCN(C)C(=O)C1CCCC1)c1ccccc1Oc1ccccc1C. The molecule has 5 nitrogen and oxygen atoms in total. The Balaban J connectivity index is 1.68. The van der Waals surface area contributed by atoms with Crippen LogP contribution < -0.4 is 4.74 Å². The Morgan fingerprint density at radius 2 is 1.60 bits per heavy atom. The summed E-state index contributed by atoms with van der Waals surface area (Å²) < 4.78 is 11.5. The summed E-state index contributed by atoms with van der Waals surface area (Å²) in [6, 6.07) is 15.8. The van der Waals surface area contributed by atoms with Gasteiger partial charge in [-0.1, -0.05) is 49.2 Å². The molecule has 0 heterocycles.